The lowest BCUT2D eigenvalue weighted by molar-refractivity contribution is -0.130. The van der Waals surface area contributed by atoms with Gasteiger partial charge in [0, 0.05) is 52.3 Å². The van der Waals surface area contributed by atoms with E-state index in [1.165, 1.54) is 26.2 Å². The average molecular weight is 369 g/mol. The molecule has 0 aliphatic carbocycles. The highest BCUT2D eigenvalue weighted by atomic mass is 32.2. The first-order chi connectivity index (χ1) is 11.8. The molecule has 1 heterocycles. The van der Waals surface area contributed by atoms with E-state index < -0.39 is 10.0 Å². The molecule has 0 aromatic heterocycles. The molecular weight excluding hydrogens is 346 g/mol. The van der Waals surface area contributed by atoms with Crippen molar-refractivity contribution in [2.24, 2.45) is 0 Å². The zero-order valence-electron chi connectivity index (χ0n) is 14.4. The summed E-state index contributed by atoms with van der Waals surface area (Å²) in [7, 11) is -2.21. The highest BCUT2D eigenvalue weighted by Gasteiger charge is 2.24. The van der Waals surface area contributed by atoms with Crippen LogP contribution in [0.4, 0.5) is 0 Å². The van der Waals surface area contributed by atoms with Gasteiger partial charge in [0.1, 0.15) is 0 Å². The van der Waals surface area contributed by atoms with Crippen LogP contribution in [0.15, 0.2) is 29.2 Å². The largest absolute Gasteiger partial charge is 0.383 e. The van der Waals surface area contributed by atoms with Crippen molar-refractivity contribution in [1.82, 2.24) is 14.5 Å². The molecule has 0 bridgehead atoms. The lowest BCUT2D eigenvalue weighted by Gasteiger charge is -2.34. The van der Waals surface area contributed by atoms with E-state index >= 15 is 0 Å². The average Bonchev–Trinajstić information content (AvgIpc) is 2.61. The second-order valence-electron chi connectivity index (χ2n) is 5.72. The maximum atomic E-state index is 12.6. The van der Waals surface area contributed by atoms with Crippen molar-refractivity contribution in [3.8, 4) is 0 Å². The highest BCUT2D eigenvalue weighted by molar-refractivity contribution is 7.89. The molecular formula is C16H23N3O5S. The summed E-state index contributed by atoms with van der Waals surface area (Å²) in [5, 5.41) is 0. The predicted octanol–water partition coefficient (Wildman–Crippen LogP) is -0.0844. The van der Waals surface area contributed by atoms with E-state index in [1.54, 1.807) is 21.9 Å². The zero-order valence-corrected chi connectivity index (χ0v) is 15.2. The summed E-state index contributed by atoms with van der Waals surface area (Å²) in [6, 6.07) is 5.95. The SMILES string of the molecule is COCCNS(=O)(=O)c1cccc(C(=O)N2CCN(C(C)=O)CC2)c1. The number of carbonyl (C=O) groups excluding carboxylic acids is 2. The summed E-state index contributed by atoms with van der Waals surface area (Å²) in [4.78, 5) is 27.3. The second-order valence-corrected chi connectivity index (χ2v) is 7.48. The molecule has 0 radical (unpaired) electrons. The van der Waals surface area contributed by atoms with Crippen LogP contribution in [0.3, 0.4) is 0 Å². The lowest BCUT2D eigenvalue weighted by Crippen LogP contribution is -2.50. The first kappa shape index (κ1) is 19.4. The number of amides is 2. The van der Waals surface area contributed by atoms with Gasteiger partial charge >= 0.3 is 0 Å². The maximum absolute atomic E-state index is 12.6. The van der Waals surface area contributed by atoms with Gasteiger partial charge in [-0.05, 0) is 18.2 Å². The van der Waals surface area contributed by atoms with Gasteiger partial charge in [-0.1, -0.05) is 6.07 Å². The Hall–Kier alpha value is -1.97. The molecule has 1 aliphatic rings. The Kier molecular flexibility index (Phi) is 6.51. The van der Waals surface area contributed by atoms with Crippen LogP contribution in [-0.2, 0) is 19.6 Å². The molecule has 138 valence electrons. The second kappa shape index (κ2) is 8.41. The number of nitrogens with one attached hydrogen (secondary N) is 1. The molecule has 9 heteroatoms. The van der Waals surface area contributed by atoms with Crippen molar-refractivity contribution in [2.75, 3.05) is 46.4 Å². The topological polar surface area (TPSA) is 96.0 Å². The van der Waals surface area contributed by atoms with E-state index in [0.717, 1.165) is 0 Å². The van der Waals surface area contributed by atoms with E-state index in [0.29, 0.717) is 31.7 Å². The van der Waals surface area contributed by atoms with Gasteiger partial charge in [0.2, 0.25) is 15.9 Å². The van der Waals surface area contributed by atoms with Crippen LogP contribution in [0.1, 0.15) is 17.3 Å². The molecule has 1 aromatic carbocycles. The number of sulfonamides is 1. The molecule has 2 rings (SSSR count). The van der Waals surface area contributed by atoms with Crippen LogP contribution in [-0.4, -0.2) is 76.5 Å². The van der Waals surface area contributed by atoms with Crippen molar-refractivity contribution in [2.45, 2.75) is 11.8 Å². The Labute approximate surface area is 147 Å². The molecule has 1 N–H and O–H groups in total. The van der Waals surface area contributed by atoms with E-state index in [9.17, 15) is 18.0 Å². The van der Waals surface area contributed by atoms with E-state index in [2.05, 4.69) is 4.72 Å². The number of methoxy groups -OCH3 is 1. The smallest absolute Gasteiger partial charge is 0.254 e. The monoisotopic (exact) mass is 369 g/mol. The van der Waals surface area contributed by atoms with Crippen LogP contribution in [0.5, 0.6) is 0 Å². The Morgan fingerprint density at radius 1 is 1.16 bits per heavy atom. The number of hydrogen-bond donors (Lipinski definition) is 1. The van der Waals surface area contributed by atoms with Crippen LogP contribution < -0.4 is 4.72 Å². The van der Waals surface area contributed by atoms with Crippen molar-refractivity contribution in [1.29, 1.82) is 0 Å². The molecule has 0 atom stereocenters. The van der Waals surface area contributed by atoms with Crippen LogP contribution in [0.2, 0.25) is 0 Å². The fourth-order valence-electron chi connectivity index (χ4n) is 2.56. The Balaban J connectivity index is 2.08. The minimum absolute atomic E-state index is 0.0117. The van der Waals surface area contributed by atoms with Crippen molar-refractivity contribution < 1.29 is 22.7 Å². The van der Waals surface area contributed by atoms with E-state index in [-0.39, 0.29) is 29.9 Å². The maximum Gasteiger partial charge on any atom is 0.254 e. The number of carbonyl (C=O) groups is 2. The Morgan fingerprint density at radius 3 is 2.40 bits per heavy atom. The molecule has 1 saturated heterocycles. The minimum atomic E-state index is -3.69. The Morgan fingerprint density at radius 2 is 1.80 bits per heavy atom. The number of piperazine rings is 1. The third-order valence-corrected chi connectivity index (χ3v) is 5.46. The minimum Gasteiger partial charge on any atom is -0.383 e. The zero-order chi connectivity index (χ0) is 18.4. The molecule has 0 unspecified atom stereocenters. The first-order valence-corrected chi connectivity index (χ1v) is 9.47. The highest BCUT2D eigenvalue weighted by Crippen LogP contribution is 2.14. The quantitative estimate of drug-likeness (QED) is 0.708. The van der Waals surface area contributed by atoms with Gasteiger partial charge < -0.3 is 14.5 Å². The van der Waals surface area contributed by atoms with Crippen molar-refractivity contribution >= 4 is 21.8 Å². The van der Waals surface area contributed by atoms with Gasteiger partial charge in [-0.15, -0.1) is 0 Å². The van der Waals surface area contributed by atoms with Gasteiger partial charge in [-0.3, -0.25) is 9.59 Å². The van der Waals surface area contributed by atoms with Crippen LogP contribution in [0, 0.1) is 0 Å². The molecule has 1 aromatic rings. The fourth-order valence-corrected chi connectivity index (χ4v) is 3.62. The number of hydrogen-bond acceptors (Lipinski definition) is 5. The number of benzene rings is 1. The van der Waals surface area contributed by atoms with Gasteiger partial charge in [0.25, 0.3) is 5.91 Å². The first-order valence-electron chi connectivity index (χ1n) is 7.98. The summed E-state index contributed by atoms with van der Waals surface area (Å²) in [6.45, 7) is 3.75. The van der Waals surface area contributed by atoms with Gasteiger partial charge in [0.15, 0.2) is 0 Å². The van der Waals surface area contributed by atoms with Crippen molar-refractivity contribution in [3.05, 3.63) is 29.8 Å². The van der Waals surface area contributed by atoms with E-state index in [1.807, 2.05) is 0 Å². The molecule has 0 saturated carbocycles. The Bertz CT molecular complexity index is 727. The van der Waals surface area contributed by atoms with Gasteiger partial charge in [-0.25, -0.2) is 13.1 Å². The van der Waals surface area contributed by atoms with E-state index in [4.69, 9.17) is 4.74 Å². The number of rotatable bonds is 6. The van der Waals surface area contributed by atoms with Crippen LogP contribution in [0.25, 0.3) is 0 Å². The van der Waals surface area contributed by atoms with Gasteiger partial charge in [-0.2, -0.15) is 0 Å². The molecule has 2 amide bonds. The van der Waals surface area contributed by atoms with Crippen molar-refractivity contribution in [3.63, 3.8) is 0 Å². The van der Waals surface area contributed by atoms with Crippen LogP contribution >= 0.6 is 0 Å². The summed E-state index contributed by atoms with van der Waals surface area (Å²) >= 11 is 0. The molecule has 1 fully saturated rings. The molecule has 1 aliphatic heterocycles. The molecule has 8 nitrogen and oxygen atoms in total. The summed E-state index contributed by atoms with van der Waals surface area (Å²) < 4.78 is 31.7. The third-order valence-electron chi connectivity index (χ3n) is 4.00. The number of nitrogens with zero attached hydrogens (tertiary/aromatic N) is 2. The standard InChI is InChI=1S/C16H23N3O5S/c1-13(20)18-7-9-19(10-8-18)16(21)14-4-3-5-15(12-14)25(22,23)17-6-11-24-2/h3-5,12,17H,6-11H2,1-2H3. The normalized spacial score (nSPS) is 15.3. The summed E-state index contributed by atoms with van der Waals surface area (Å²) in [5.74, 6) is -0.250. The number of ether oxygens (including phenoxy) is 1. The molecule has 25 heavy (non-hydrogen) atoms. The fraction of sp³-hybridized carbons (Fsp3) is 0.500. The predicted molar refractivity (Wildman–Crippen MR) is 91.7 cm³/mol. The third kappa shape index (κ3) is 5.00. The van der Waals surface area contributed by atoms with Gasteiger partial charge in [0.05, 0.1) is 11.5 Å². The summed E-state index contributed by atoms with van der Waals surface area (Å²) in [6.07, 6.45) is 0. The molecule has 0 spiro atoms. The lowest BCUT2D eigenvalue weighted by atomic mass is 10.2. The summed E-state index contributed by atoms with van der Waals surface area (Å²) in [5.41, 5.74) is 0.311.